The molecule has 0 saturated carbocycles. The quantitative estimate of drug-likeness (QED) is 0.646. The standard InChI is InChI=1S/C11H13ClN2O2S/c1-3-4-8(2)14-17(15,16)11-7-9(13)5-6-10(11)12/h1,5-8,14H,4,13H2,2H3. The third-order valence-corrected chi connectivity index (χ3v) is 4.10. The summed E-state index contributed by atoms with van der Waals surface area (Å²) in [6, 6.07) is 3.93. The average molecular weight is 273 g/mol. The molecule has 17 heavy (non-hydrogen) atoms. The van der Waals surface area contributed by atoms with Crippen molar-refractivity contribution in [3.8, 4) is 12.3 Å². The van der Waals surface area contributed by atoms with Crippen LogP contribution in [0.3, 0.4) is 0 Å². The Bertz CT molecular complexity index is 549. The first-order chi connectivity index (χ1) is 7.86. The van der Waals surface area contributed by atoms with Gasteiger partial charge in [0, 0.05) is 18.2 Å². The molecule has 1 rings (SSSR count). The lowest BCUT2D eigenvalue weighted by molar-refractivity contribution is 0.564. The summed E-state index contributed by atoms with van der Waals surface area (Å²) in [5, 5.41) is 0.125. The Balaban J connectivity index is 3.06. The Morgan fingerprint density at radius 1 is 1.59 bits per heavy atom. The maximum atomic E-state index is 12.0. The van der Waals surface area contributed by atoms with E-state index in [1.165, 1.54) is 18.2 Å². The highest BCUT2D eigenvalue weighted by Gasteiger charge is 2.20. The van der Waals surface area contributed by atoms with Crippen LogP contribution in [0, 0.1) is 12.3 Å². The van der Waals surface area contributed by atoms with Crippen LogP contribution in [0.15, 0.2) is 23.1 Å². The molecule has 0 amide bonds. The van der Waals surface area contributed by atoms with E-state index in [2.05, 4.69) is 10.6 Å². The number of hydrogen-bond donors (Lipinski definition) is 2. The van der Waals surface area contributed by atoms with Crippen LogP contribution in [0.4, 0.5) is 5.69 Å². The van der Waals surface area contributed by atoms with Gasteiger partial charge < -0.3 is 5.73 Å². The Kier molecular flexibility index (Phi) is 4.40. The predicted molar refractivity (Wildman–Crippen MR) is 69.1 cm³/mol. The summed E-state index contributed by atoms with van der Waals surface area (Å²) in [5.74, 6) is 2.38. The highest BCUT2D eigenvalue weighted by Crippen LogP contribution is 2.23. The number of rotatable bonds is 4. The second-order valence-electron chi connectivity index (χ2n) is 3.62. The van der Waals surface area contributed by atoms with Crippen molar-refractivity contribution in [1.29, 1.82) is 0 Å². The van der Waals surface area contributed by atoms with Crippen molar-refractivity contribution in [3.63, 3.8) is 0 Å². The summed E-state index contributed by atoms with van der Waals surface area (Å²) in [7, 11) is -3.69. The third-order valence-electron chi connectivity index (χ3n) is 2.03. The molecule has 1 aromatic rings. The van der Waals surface area contributed by atoms with Crippen molar-refractivity contribution in [2.45, 2.75) is 24.3 Å². The number of sulfonamides is 1. The lowest BCUT2D eigenvalue weighted by Crippen LogP contribution is -2.32. The van der Waals surface area contributed by atoms with Gasteiger partial charge in [0.1, 0.15) is 4.90 Å². The van der Waals surface area contributed by atoms with Crippen LogP contribution in [-0.2, 0) is 10.0 Å². The fourth-order valence-corrected chi connectivity index (χ4v) is 3.05. The Morgan fingerprint density at radius 3 is 2.82 bits per heavy atom. The number of hydrogen-bond acceptors (Lipinski definition) is 3. The van der Waals surface area contributed by atoms with Crippen LogP contribution in [0.25, 0.3) is 0 Å². The van der Waals surface area contributed by atoms with Crippen molar-refractivity contribution in [3.05, 3.63) is 23.2 Å². The summed E-state index contributed by atoms with van der Waals surface area (Å²) in [6.45, 7) is 1.68. The minimum absolute atomic E-state index is 0.0389. The minimum atomic E-state index is -3.69. The highest BCUT2D eigenvalue weighted by molar-refractivity contribution is 7.89. The van der Waals surface area contributed by atoms with Crippen LogP contribution in [-0.4, -0.2) is 14.5 Å². The van der Waals surface area contributed by atoms with Crippen LogP contribution in [0.1, 0.15) is 13.3 Å². The van der Waals surface area contributed by atoms with Crippen molar-refractivity contribution in [2.75, 3.05) is 5.73 Å². The molecule has 0 radical (unpaired) electrons. The first-order valence-corrected chi connectivity index (χ1v) is 6.73. The zero-order chi connectivity index (χ0) is 13.1. The molecule has 0 aliphatic rings. The van der Waals surface area contributed by atoms with Gasteiger partial charge in [0.2, 0.25) is 10.0 Å². The van der Waals surface area contributed by atoms with E-state index in [1.54, 1.807) is 6.92 Å². The average Bonchev–Trinajstić information content (AvgIpc) is 2.21. The van der Waals surface area contributed by atoms with Gasteiger partial charge in [-0.05, 0) is 25.1 Å². The van der Waals surface area contributed by atoms with Gasteiger partial charge in [0.05, 0.1) is 5.02 Å². The number of halogens is 1. The Hall–Kier alpha value is -1.22. The van der Waals surface area contributed by atoms with Gasteiger partial charge in [0.25, 0.3) is 0 Å². The van der Waals surface area contributed by atoms with E-state index in [0.717, 1.165) is 0 Å². The van der Waals surface area contributed by atoms with Crippen LogP contribution >= 0.6 is 11.6 Å². The van der Waals surface area contributed by atoms with Gasteiger partial charge >= 0.3 is 0 Å². The van der Waals surface area contributed by atoms with Gasteiger partial charge in [-0.3, -0.25) is 0 Å². The van der Waals surface area contributed by atoms with E-state index in [9.17, 15) is 8.42 Å². The number of nitrogens with one attached hydrogen (secondary N) is 1. The molecule has 0 bridgehead atoms. The largest absolute Gasteiger partial charge is 0.399 e. The summed E-state index contributed by atoms with van der Waals surface area (Å²) in [4.78, 5) is -0.0389. The first kappa shape index (κ1) is 13.8. The summed E-state index contributed by atoms with van der Waals surface area (Å²) in [5.41, 5.74) is 5.86. The minimum Gasteiger partial charge on any atom is -0.399 e. The molecule has 3 N–H and O–H groups in total. The Morgan fingerprint density at radius 2 is 2.24 bits per heavy atom. The van der Waals surface area contributed by atoms with Gasteiger partial charge in [-0.2, -0.15) is 0 Å². The summed E-state index contributed by atoms with van der Waals surface area (Å²) >= 11 is 5.83. The van der Waals surface area contributed by atoms with E-state index < -0.39 is 10.0 Å². The molecule has 1 unspecified atom stereocenters. The van der Waals surface area contributed by atoms with Gasteiger partial charge in [0.15, 0.2) is 0 Å². The first-order valence-electron chi connectivity index (χ1n) is 4.87. The smallest absolute Gasteiger partial charge is 0.242 e. The number of nitrogens with two attached hydrogens (primary N) is 1. The Labute approximate surface area is 106 Å². The maximum absolute atomic E-state index is 12.0. The lowest BCUT2D eigenvalue weighted by Gasteiger charge is -2.13. The van der Waals surface area contributed by atoms with E-state index in [4.69, 9.17) is 23.8 Å². The molecule has 1 atom stereocenters. The monoisotopic (exact) mass is 272 g/mol. The molecule has 0 fully saturated rings. The van der Waals surface area contributed by atoms with Crippen LogP contribution in [0.5, 0.6) is 0 Å². The summed E-state index contributed by atoms with van der Waals surface area (Å²) in [6.07, 6.45) is 5.41. The van der Waals surface area contributed by atoms with Crippen molar-refractivity contribution in [2.24, 2.45) is 0 Å². The summed E-state index contributed by atoms with van der Waals surface area (Å²) < 4.78 is 26.4. The molecule has 0 aliphatic carbocycles. The zero-order valence-corrected chi connectivity index (χ0v) is 10.8. The van der Waals surface area contributed by atoms with E-state index in [1.807, 2.05) is 0 Å². The SMILES string of the molecule is C#CCC(C)NS(=O)(=O)c1cc(N)ccc1Cl. The fraction of sp³-hybridized carbons (Fsp3) is 0.273. The van der Waals surface area contributed by atoms with Gasteiger partial charge in [-0.25, -0.2) is 13.1 Å². The predicted octanol–water partition coefficient (Wildman–Crippen LogP) is 1.61. The van der Waals surface area contributed by atoms with Crippen LogP contribution in [0.2, 0.25) is 5.02 Å². The second kappa shape index (κ2) is 5.41. The normalized spacial score (nSPS) is 13.0. The van der Waals surface area contributed by atoms with Crippen molar-refractivity contribution >= 4 is 27.3 Å². The van der Waals surface area contributed by atoms with Gasteiger partial charge in [-0.15, -0.1) is 12.3 Å². The molecular weight excluding hydrogens is 260 g/mol. The zero-order valence-electron chi connectivity index (χ0n) is 9.27. The molecule has 1 aromatic carbocycles. The highest BCUT2D eigenvalue weighted by atomic mass is 35.5. The lowest BCUT2D eigenvalue weighted by atomic mass is 10.3. The van der Waals surface area contributed by atoms with E-state index in [-0.39, 0.29) is 16.0 Å². The number of nitrogen functional groups attached to an aromatic ring is 1. The third kappa shape index (κ3) is 3.63. The fourth-order valence-electron chi connectivity index (χ4n) is 1.27. The van der Waals surface area contributed by atoms with E-state index in [0.29, 0.717) is 12.1 Å². The topological polar surface area (TPSA) is 72.2 Å². The van der Waals surface area contributed by atoms with Gasteiger partial charge in [-0.1, -0.05) is 11.6 Å². The molecule has 6 heteroatoms. The number of terminal acetylenes is 1. The molecular formula is C11H13ClN2O2S. The number of anilines is 1. The van der Waals surface area contributed by atoms with E-state index >= 15 is 0 Å². The molecule has 0 aliphatic heterocycles. The van der Waals surface area contributed by atoms with Crippen molar-refractivity contribution in [1.82, 2.24) is 4.72 Å². The number of benzene rings is 1. The molecule has 0 aromatic heterocycles. The molecule has 4 nitrogen and oxygen atoms in total. The second-order valence-corrected chi connectivity index (χ2v) is 5.71. The maximum Gasteiger partial charge on any atom is 0.242 e. The molecule has 0 saturated heterocycles. The molecule has 0 heterocycles. The molecule has 0 spiro atoms. The molecule has 92 valence electrons. The van der Waals surface area contributed by atoms with Crippen molar-refractivity contribution < 1.29 is 8.42 Å². The van der Waals surface area contributed by atoms with Crippen LogP contribution < -0.4 is 10.5 Å².